The van der Waals surface area contributed by atoms with Gasteiger partial charge in [0.25, 0.3) is 15.9 Å². The van der Waals surface area contributed by atoms with Crippen LogP contribution in [0.3, 0.4) is 0 Å². The molecule has 1 fully saturated rings. The number of hydrogen-bond acceptors (Lipinski definition) is 7. The predicted octanol–water partition coefficient (Wildman–Crippen LogP) is 1.78. The summed E-state index contributed by atoms with van der Waals surface area (Å²) in [6, 6.07) is 5.20. The molecule has 1 aliphatic heterocycles. The maximum absolute atomic E-state index is 14.1. The van der Waals surface area contributed by atoms with E-state index in [0.29, 0.717) is 6.54 Å². The minimum atomic E-state index is -3.98. The highest BCUT2D eigenvalue weighted by molar-refractivity contribution is 7.90. The summed E-state index contributed by atoms with van der Waals surface area (Å²) in [6.45, 7) is 1.87. The van der Waals surface area contributed by atoms with Gasteiger partial charge in [-0.1, -0.05) is 17.7 Å². The number of fused-ring (bicyclic) bond motifs is 1. The molecule has 148 valence electrons. The van der Waals surface area contributed by atoms with E-state index in [1.165, 1.54) is 18.3 Å². The average Bonchev–Trinajstić information content (AvgIpc) is 3.10. The Hall–Kier alpha value is -2.66. The number of hydrogen-bond donors (Lipinski definition) is 2. The fraction of sp³-hybridized carbons (Fsp3) is 0.353. The number of benzene rings is 1. The van der Waals surface area contributed by atoms with Crippen LogP contribution in [-0.4, -0.2) is 52.6 Å². The van der Waals surface area contributed by atoms with Gasteiger partial charge in [0.05, 0.1) is 29.1 Å². The number of nitrogens with zero attached hydrogens (tertiary/aromatic N) is 4. The van der Waals surface area contributed by atoms with Gasteiger partial charge in [-0.25, -0.2) is 18.7 Å². The molecule has 2 aromatic heterocycles. The first-order valence-corrected chi connectivity index (χ1v) is 10.1. The lowest BCUT2D eigenvalue weighted by atomic mass is 10.0. The highest BCUT2D eigenvalue weighted by Crippen LogP contribution is 2.29. The van der Waals surface area contributed by atoms with Crippen molar-refractivity contribution in [3.63, 3.8) is 0 Å². The number of nitrogens with one attached hydrogen (secondary N) is 2. The van der Waals surface area contributed by atoms with E-state index < -0.39 is 28.5 Å². The minimum Gasteiger partial charge on any atom is -0.360 e. The van der Waals surface area contributed by atoms with Gasteiger partial charge in [0, 0.05) is 0 Å². The molecular weight excluding hydrogens is 390 g/mol. The molecule has 4 rings (SSSR count). The molecule has 8 nitrogen and oxygen atoms in total. The molecule has 0 saturated carbocycles. The molecule has 1 aromatic carbocycles. The number of anilines is 1. The summed E-state index contributed by atoms with van der Waals surface area (Å²) in [5, 5.41) is 9.59. The highest BCUT2D eigenvalue weighted by atomic mass is 32.2. The highest BCUT2D eigenvalue weighted by Gasteiger charge is 2.42. The number of aromatic nitrogens is 4. The zero-order chi connectivity index (χ0) is 19.9. The summed E-state index contributed by atoms with van der Waals surface area (Å²) < 4.78 is 54.9. The zero-order valence-electron chi connectivity index (χ0n) is 14.9. The Bertz CT molecular complexity index is 1110. The Morgan fingerprint density at radius 2 is 2.00 bits per heavy atom. The summed E-state index contributed by atoms with van der Waals surface area (Å²) in [7, 11) is -3.98. The summed E-state index contributed by atoms with van der Waals surface area (Å²) >= 11 is 0. The van der Waals surface area contributed by atoms with Crippen molar-refractivity contribution in [3.8, 4) is 0 Å². The first-order chi connectivity index (χ1) is 13.3. The standard InChI is InChI=1S/C17H18F2N6O2S/c1-11-2-4-12(5-3-11)28(26,27)25-16-13(8-23-25)15(21-10-22-16)24-14-6-7-20-9-17(14,18)19/h2-5,8,10,14,20H,6-7,9H2,1H3,(H,21,22,24)/t14-/m1/s1. The van der Waals surface area contributed by atoms with Crippen molar-refractivity contribution >= 4 is 26.9 Å². The normalized spacial score (nSPS) is 19.6. The van der Waals surface area contributed by atoms with E-state index in [0.717, 1.165) is 16.0 Å². The molecule has 0 aliphatic carbocycles. The molecule has 0 unspecified atom stereocenters. The molecule has 1 saturated heterocycles. The van der Waals surface area contributed by atoms with Gasteiger partial charge in [0.1, 0.15) is 12.1 Å². The van der Waals surface area contributed by atoms with E-state index in [-0.39, 0.29) is 28.2 Å². The number of aryl methyl sites for hydroxylation is 1. The number of alkyl halides is 2. The molecule has 1 aliphatic rings. The Balaban J connectivity index is 1.74. The first-order valence-electron chi connectivity index (χ1n) is 8.65. The van der Waals surface area contributed by atoms with Gasteiger partial charge in [0.15, 0.2) is 5.65 Å². The number of piperidine rings is 1. The van der Waals surface area contributed by atoms with Crippen molar-refractivity contribution in [1.82, 2.24) is 24.5 Å². The molecule has 3 aromatic rings. The molecule has 0 radical (unpaired) electrons. The number of halogens is 2. The van der Waals surface area contributed by atoms with Gasteiger partial charge in [0.2, 0.25) is 0 Å². The molecule has 0 bridgehead atoms. The second-order valence-electron chi connectivity index (χ2n) is 6.69. The van der Waals surface area contributed by atoms with E-state index in [2.05, 4.69) is 25.7 Å². The molecule has 1 atom stereocenters. The summed E-state index contributed by atoms with van der Waals surface area (Å²) in [6.07, 6.45) is 2.60. The van der Waals surface area contributed by atoms with E-state index in [1.54, 1.807) is 12.1 Å². The van der Waals surface area contributed by atoms with Crippen molar-refractivity contribution in [2.75, 3.05) is 18.4 Å². The zero-order valence-corrected chi connectivity index (χ0v) is 15.7. The van der Waals surface area contributed by atoms with Gasteiger partial charge >= 0.3 is 0 Å². The Morgan fingerprint density at radius 1 is 1.25 bits per heavy atom. The maximum atomic E-state index is 14.1. The van der Waals surface area contributed by atoms with E-state index in [1.807, 2.05) is 6.92 Å². The van der Waals surface area contributed by atoms with Gasteiger partial charge in [-0.2, -0.15) is 13.5 Å². The van der Waals surface area contributed by atoms with E-state index in [4.69, 9.17) is 0 Å². The lowest BCUT2D eigenvalue weighted by molar-refractivity contribution is -0.0322. The van der Waals surface area contributed by atoms with E-state index >= 15 is 0 Å². The summed E-state index contributed by atoms with van der Waals surface area (Å²) in [4.78, 5) is 8.09. The quantitative estimate of drug-likeness (QED) is 0.678. The van der Waals surface area contributed by atoms with E-state index in [9.17, 15) is 17.2 Å². The predicted molar refractivity (Wildman–Crippen MR) is 98.9 cm³/mol. The SMILES string of the molecule is Cc1ccc(S(=O)(=O)n2ncc3c(N[C@@H]4CCNCC4(F)F)ncnc32)cc1. The van der Waals surface area contributed by atoms with Gasteiger partial charge < -0.3 is 10.6 Å². The van der Waals surface area contributed by atoms with Crippen LogP contribution in [-0.2, 0) is 10.0 Å². The third kappa shape index (κ3) is 3.20. The van der Waals surface area contributed by atoms with Gasteiger partial charge in [-0.05, 0) is 32.0 Å². The molecule has 28 heavy (non-hydrogen) atoms. The topological polar surface area (TPSA) is 102 Å². The minimum absolute atomic E-state index is 0.0234. The third-order valence-electron chi connectivity index (χ3n) is 4.67. The number of rotatable bonds is 4. The fourth-order valence-electron chi connectivity index (χ4n) is 3.10. The second kappa shape index (κ2) is 6.74. The molecule has 3 heterocycles. The van der Waals surface area contributed by atoms with Crippen LogP contribution >= 0.6 is 0 Å². The van der Waals surface area contributed by atoms with Crippen molar-refractivity contribution in [1.29, 1.82) is 0 Å². The maximum Gasteiger partial charge on any atom is 0.284 e. The van der Waals surface area contributed by atoms with Crippen molar-refractivity contribution < 1.29 is 17.2 Å². The largest absolute Gasteiger partial charge is 0.360 e. The first kappa shape index (κ1) is 18.7. The van der Waals surface area contributed by atoms with Gasteiger partial charge in [-0.15, -0.1) is 4.09 Å². The van der Waals surface area contributed by atoms with Crippen LogP contribution in [0.2, 0.25) is 0 Å². The van der Waals surface area contributed by atoms with Crippen molar-refractivity contribution in [3.05, 3.63) is 42.4 Å². The Morgan fingerprint density at radius 3 is 2.71 bits per heavy atom. The molecular formula is C17H18F2N6O2S. The van der Waals surface area contributed by atoms with Crippen LogP contribution < -0.4 is 10.6 Å². The lowest BCUT2D eigenvalue weighted by Gasteiger charge is -2.32. The molecule has 2 N–H and O–H groups in total. The summed E-state index contributed by atoms with van der Waals surface area (Å²) in [5.74, 6) is -2.83. The average molecular weight is 408 g/mol. The smallest absolute Gasteiger partial charge is 0.284 e. The third-order valence-corrected chi connectivity index (χ3v) is 6.26. The van der Waals surface area contributed by atoms with Crippen LogP contribution in [0.25, 0.3) is 11.0 Å². The van der Waals surface area contributed by atoms with Crippen molar-refractivity contribution in [2.24, 2.45) is 0 Å². The Labute approximate surface area is 160 Å². The monoisotopic (exact) mass is 408 g/mol. The second-order valence-corrected chi connectivity index (χ2v) is 8.46. The fourth-order valence-corrected chi connectivity index (χ4v) is 4.33. The van der Waals surface area contributed by atoms with Crippen LogP contribution in [0.15, 0.2) is 41.7 Å². The van der Waals surface area contributed by atoms with Crippen LogP contribution in [0.1, 0.15) is 12.0 Å². The van der Waals surface area contributed by atoms with Crippen LogP contribution in [0.4, 0.5) is 14.6 Å². The van der Waals surface area contributed by atoms with Crippen LogP contribution in [0.5, 0.6) is 0 Å². The summed E-state index contributed by atoms with van der Waals surface area (Å²) in [5.41, 5.74) is 0.941. The van der Waals surface area contributed by atoms with Crippen LogP contribution in [0, 0.1) is 6.92 Å². The molecule has 0 amide bonds. The molecule has 0 spiro atoms. The lowest BCUT2D eigenvalue weighted by Crippen LogP contribution is -2.53. The molecule has 11 heteroatoms. The Kier molecular flexibility index (Phi) is 4.50. The van der Waals surface area contributed by atoms with Crippen molar-refractivity contribution in [2.45, 2.75) is 30.2 Å². The van der Waals surface area contributed by atoms with Gasteiger partial charge in [-0.3, -0.25) is 0 Å².